The molecule has 3 heterocycles. The van der Waals surface area contributed by atoms with Crippen molar-refractivity contribution in [2.75, 3.05) is 52.4 Å². The van der Waals surface area contributed by atoms with Gasteiger partial charge < -0.3 is 30.1 Å². The second-order valence-electron chi connectivity index (χ2n) is 10.3. The Balaban J connectivity index is 1.50. The van der Waals surface area contributed by atoms with Crippen molar-refractivity contribution < 1.29 is 29.0 Å². The van der Waals surface area contributed by atoms with Crippen LogP contribution in [0.15, 0.2) is 0 Å². The lowest BCUT2D eigenvalue weighted by molar-refractivity contribution is -0.137. The minimum Gasteiger partial charge on any atom is -0.481 e. The molecule has 192 valence electrons. The van der Waals surface area contributed by atoms with Crippen molar-refractivity contribution in [2.45, 2.75) is 63.8 Å². The molecule has 3 aliphatic heterocycles. The Hall–Kier alpha value is -2.60. The van der Waals surface area contributed by atoms with E-state index in [1.54, 1.807) is 25.7 Å². The number of piperidine rings is 1. The molecule has 3 unspecified atom stereocenters. The molecule has 34 heavy (non-hydrogen) atoms. The maximum Gasteiger partial charge on any atom is 0.410 e. The zero-order valence-electron chi connectivity index (χ0n) is 20.4. The third-order valence-corrected chi connectivity index (χ3v) is 6.47. The molecule has 3 saturated heterocycles. The average Bonchev–Trinajstić information content (AvgIpc) is 3.11. The summed E-state index contributed by atoms with van der Waals surface area (Å²) in [7, 11) is 0. The lowest BCUT2D eigenvalue weighted by atomic mass is 9.95. The summed E-state index contributed by atoms with van der Waals surface area (Å²) >= 11 is 0. The Morgan fingerprint density at radius 3 is 2.41 bits per heavy atom. The lowest BCUT2D eigenvalue weighted by Crippen LogP contribution is -2.57. The molecule has 2 amide bonds. The molecule has 0 aromatic rings. The van der Waals surface area contributed by atoms with Crippen LogP contribution in [0.4, 0.5) is 9.59 Å². The topological polar surface area (TPSA) is 153 Å². The van der Waals surface area contributed by atoms with Gasteiger partial charge in [-0.3, -0.25) is 20.0 Å². The molecule has 0 bridgehead atoms. The van der Waals surface area contributed by atoms with Crippen LogP contribution in [0.5, 0.6) is 0 Å². The number of piperazine rings is 1. The van der Waals surface area contributed by atoms with E-state index in [1.165, 1.54) is 4.90 Å². The third-order valence-electron chi connectivity index (χ3n) is 6.47. The normalized spacial score (nSPS) is 26.9. The maximum atomic E-state index is 12.6. The number of carboxylic acids is 1. The molecule has 0 radical (unpaired) electrons. The second kappa shape index (κ2) is 10.8. The number of nitrogens with one attached hydrogen (secondary N) is 1. The van der Waals surface area contributed by atoms with Gasteiger partial charge in [0.15, 0.2) is 0 Å². The van der Waals surface area contributed by atoms with Crippen molar-refractivity contribution >= 4 is 24.0 Å². The van der Waals surface area contributed by atoms with E-state index in [0.717, 1.165) is 26.2 Å². The molecule has 0 aliphatic carbocycles. The first kappa shape index (κ1) is 26.0. The van der Waals surface area contributed by atoms with Gasteiger partial charge in [0.25, 0.3) is 0 Å². The summed E-state index contributed by atoms with van der Waals surface area (Å²) in [6, 6.07) is -0.794. The summed E-state index contributed by atoms with van der Waals surface area (Å²) in [5.74, 6) is -0.912. The van der Waals surface area contributed by atoms with E-state index in [1.807, 2.05) is 0 Å². The van der Waals surface area contributed by atoms with E-state index >= 15 is 0 Å². The van der Waals surface area contributed by atoms with E-state index in [2.05, 4.69) is 9.80 Å². The number of hydrogen-bond acceptors (Lipinski definition) is 8. The summed E-state index contributed by atoms with van der Waals surface area (Å²) in [6.07, 6.45) is -0.0500. The van der Waals surface area contributed by atoms with Gasteiger partial charge in [0.2, 0.25) is 0 Å². The molecule has 3 atom stereocenters. The first-order chi connectivity index (χ1) is 15.9. The van der Waals surface area contributed by atoms with Gasteiger partial charge in [-0.15, -0.1) is 0 Å². The number of amidine groups is 1. The van der Waals surface area contributed by atoms with Crippen LogP contribution in [0.1, 0.15) is 40.0 Å². The largest absolute Gasteiger partial charge is 0.481 e. The van der Waals surface area contributed by atoms with Crippen molar-refractivity contribution in [3.05, 3.63) is 0 Å². The standard InChI is InChI=1S/C22H38N6O6/c1-22(2,3)34-21(32)27-7-4-15(12-17(27)19(23)24)28-14-16(33-20(28)31)13-26-10-8-25(9-11-26)6-5-18(29)30/h15-17H,4-14H2,1-3H3,(H3,23,24)(H,29,30). The molecule has 0 aromatic carbocycles. The fraction of sp³-hybridized carbons (Fsp3) is 0.818. The van der Waals surface area contributed by atoms with Crippen LogP contribution in [0, 0.1) is 5.41 Å². The molecule has 4 N–H and O–H groups in total. The molecule has 3 fully saturated rings. The van der Waals surface area contributed by atoms with Crippen molar-refractivity contribution in [2.24, 2.45) is 5.73 Å². The van der Waals surface area contributed by atoms with Crippen LogP contribution >= 0.6 is 0 Å². The number of nitrogens with two attached hydrogens (primary N) is 1. The highest BCUT2D eigenvalue weighted by Gasteiger charge is 2.43. The van der Waals surface area contributed by atoms with E-state index in [9.17, 15) is 14.4 Å². The number of carbonyl (C=O) groups is 3. The predicted molar refractivity (Wildman–Crippen MR) is 124 cm³/mol. The molecule has 3 rings (SSSR count). The highest BCUT2D eigenvalue weighted by Crippen LogP contribution is 2.27. The SMILES string of the molecule is CC(C)(C)OC(=O)N1CCC(N2CC(CN3CCN(CCC(=O)O)CC3)OC2=O)CC1C(=N)N. The molecule has 0 saturated carbocycles. The smallest absolute Gasteiger partial charge is 0.410 e. The Morgan fingerprint density at radius 1 is 1.18 bits per heavy atom. The number of carbonyl (C=O) groups excluding carboxylic acids is 2. The predicted octanol–water partition coefficient (Wildman–Crippen LogP) is 0.604. The number of cyclic esters (lactones) is 1. The van der Waals surface area contributed by atoms with E-state index in [4.69, 9.17) is 25.7 Å². The van der Waals surface area contributed by atoms with Crippen molar-refractivity contribution in [3.8, 4) is 0 Å². The summed E-state index contributed by atoms with van der Waals surface area (Å²) in [5.41, 5.74) is 5.16. The number of carboxylic acid groups (broad SMARTS) is 1. The molecule has 0 aromatic heterocycles. The van der Waals surface area contributed by atoms with Crippen LogP contribution in [-0.2, 0) is 14.3 Å². The van der Waals surface area contributed by atoms with Crippen LogP contribution in [0.2, 0.25) is 0 Å². The third kappa shape index (κ3) is 6.95. The van der Waals surface area contributed by atoms with E-state index in [0.29, 0.717) is 39.0 Å². The Kier molecular flexibility index (Phi) is 8.24. The van der Waals surface area contributed by atoms with Gasteiger partial charge >= 0.3 is 18.2 Å². The van der Waals surface area contributed by atoms with Crippen LogP contribution in [-0.4, -0.2) is 125 Å². The first-order valence-electron chi connectivity index (χ1n) is 11.9. The highest BCUT2D eigenvalue weighted by molar-refractivity contribution is 5.87. The molecule has 0 spiro atoms. The number of likely N-dealkylation sites (tertiary alicyclic amines) is 1. The molecule has 12 heteroatoms. The fourth-order valence-electron chi connectivity index (χ4n) is 4.74. The number of amides is 2. The molecular formula is C22H38N6O6. The number of ether oxygens (including phenoxy) is 2. The average molecular weight is 483 g/mol. The van der Waals surface area contributed by atoms with Gasteiger partial charge in [-0.2, -0.15) is 0 Å². The van der Waals surface area contributed by atoms with E-state index < -0.39 is 23.7 Å². The number of rotatable bonds is 7. The van der Waals surface area contributed by atoms with Gasteiger partial charge in [0, 0.05) is 51.9 Å². The molecule has 12 nitrogen and oxygen atoms in total. The number of aliphatic carboxylic acids is 1. The van der Waals surface area contributed by atoms with Crippen LogP contribution in [0.3, 0.4) is 0 Å². The summed E-state index contributed by atoms with van der Waals surface area (Å²) in [4.78, 5) is 43.6. The Bertz CT molecular complexity index is 778. The van der Waals surface area contributed by atoms with Gasteiger partial charge in [-0.1, -0.05) is 0 Å². The fourth-order valence-corrected chi connectivity index (χ4v) is 4.74. The molecule has 3 aliphatic rings. The second-order valence-corrected chi connectivity index (χ2v) is 10.3. The monoisotopic (exact) mass is 482 g/mol. The minimum atomic E-state index is -0.788. The Labute approximate surface area is 200 Å². The van der Waals surface area contributed by atoms with E-state index in [-0.39, 0.29) is 30.5 Å². The van der Waals surface area contributed by atoms with Crippen molar-refractivity contribution in [3.63, 3.8) is 0 Å². The maximum absolute atomic E-state index is 12.6. The minimum absolute atomic E-state index is 0.125. The van der Waals surface area contributed by atoms with Gasteiger partial charge in [0.1, 0.15) is 17.5 Å². The summed E-state index contributed by atoms with van der Waals surface area (Å²) in [6.45, 7) is 10.5. The van der Waals surface area contributed by atoms with Crippen molar-refractivity contribution in [1.29, 1.82) is 5.41 Å². The van der Waals surface area contributed by atoms with Gasteiger partial charge in [-0.25, -0.2) is 9.59 Å². The highest BCUT2D eigenvalue weighted by atomic mass is 16.6. The Morgan fingerprint density at radius 2 is 1.82 bits per heavy atom. The first-order valence-corrected chi connectivity index (χ1v) is 11.9. The number of nitrogens with zero attached hydrogens (tertiary/aromatic N) is 4. The quantitative estimate of drug-likeness (QED) is 0.350. The van der Waals surface area contributed by atoms with Crippen molar-refractivity contribution in [1.82, 2.24) is 19.6 Å². The zero-order valence-corrected chi connectivity index (χ0v) is 20.4. The van der Waals surface area contributed by atoms with Crippen LogP contribution < -0.4 is 5.73 Å². The van der Waals surface area contributed by atoms with Gasteiger partial charge in [-0.05, 0) is 33.6 Å². The lowest BCUT2D eigenvalue weighted by Gasteiger charge is -2.41. The number of hydrogen-bond donors (Lipinski definition) is 3. The van der Waals surface area contributed by atoms with Gasteiger partial charge in [0.05, 0.1) is 19.0 Å². The summed E-state index contributed by atoms with van der Waals surface area (Å²) in [5, 5.41) is 16.8. The zero-order chi connectivity index (χ0) is 25.0. The van der Waals surface area contributed by atoms with Crippen LogP contribution in [0.25, 0.3) is 0 Å². The summed E-state index contributed by atoms with van der Waals surface area (Å²) < 4.78 is 11.1. The molecular weight excluding hydrogens is 444 g/mol.